The van der Waals surface area contributed by atoms with Gasteiger partial charge in [0.2, 0.25) is 0 Å². The first kappa shape index (κ1) is 18.8. The zero-order valence-electron chi connectivity index (χ0n) is 15.0. The lowest BCUT2D eigenvalue weighted by atomic mass is 9.86. The van der Waals surface area contributed by atoms with Crippen LogP contribution in [-0.4, -0.2) is 23.7 Å². The SMILES string of the molecule is CCCCCOc1cc(C)ccc1CNC1CCC(C(=O)O)CC1. The third-order valence-electron chi connectivity index (χ3n) is 4.89. The van der Waals surface area contributed by atoms with Gasteiger partial charge in [-0.2, -0.15) is 0 Å². The Labute approximate surface area is 145 Å². The topological polar surface area (TPSA) is 58.6 Å². The van der Waals surface area contributed by atoms with Gasteiger partial charge in [0.25, 0.3) is 0 Å². The lowest BCUT2D eigenvalue weighted by Crippen LogP contribution is -2.34. The first-order valence-corrected chi connectivity index (χ1v) is 9.28. The van der Waals surface area contributed by atoms with Crippen molar-refractivity contribution in [3.05, 3.63) is 29.3 Å². The maximum absolute atomic E-state index is 11.0. The molecule has 1 saturated carbocycles. The number of carboxylic acid groups (broad SMARTS) is 1. The van der Waals surface area contributed by atoms with Gasteiger partial charge < -0.3 is 15.2 Å². The second kappa shape index (κ2) is 9.67. The van der Waals surface area contributed by atoms with E-state index in [1.807, 2.05) is 0 Å². The number of aryl methyl sites for hydroxylation is 1. The number of carbonyl (C=O) groups is 1. The van der Waals surface area contributed by atoms with Gasteiger partial charge in [0.15, 0.2) is 0 Å². The molecule has 0 heterocycles. The molecule has 1 aliphatic carbocycles. The van der Waals surface area contributed by atoms with Gasteiger partial charge in [0.05, 0.1) is 12.5 Å². The van der Waals surface area contributed by atoms with E-state index in [0.29, 0.717) is 6.04 Å². The fourth-order valence-corrected chi connectivity index (χ4v) is 3.28. The molecule has 0 aliphatic heterocycles. The highest BCUT2D eigenvalue weighted by Gasteiger charge is 2.25. The predicted octanol–water partition coefficient (Wildman–Crippen LogP) is 4.30. The molecule has 0 atom stereocenters. The van der Waals surface area contributed by atoms with Gasteiger partial charge in [-0.3, -0.25) is 4.79 Å². The molecular formula is C20H31NO3. The van der Waals surface area contributed by atoms with Gasteiger partial charge in [0.1, 0.15) is 5.75 Å². The van der Waals surface area contributed by atoms with Crippen LogP contribution < -0.4 is 10.1 Å². The van der Waals surface area contributed by atoms with Crippen LogP contribution in [0.2, 0.25) is 0 Å². The van der Waals surface area contributed by atoms with Crippen LogP contribution in [0.15, 0.2) is 18.2 Å². The predicted molar refractivity (Wildman–Crippen MR) is 96.4 cm³/mol. The Hall–Kier alpha value is -1.55. The fraction of sp³-hybridized carbons (Fsp3) is 0.650. The third kappa shape index (κ3) is 5.82. The first-order chi connectivity index (χ1) is 11.6. The zero-order valence-corrected chi connectivity index (χ0v) is 15.0. The number of nitrogens with one attached hydrogen (secondary N) is 1. The Kier molecular flexibility index (Phi) is 7.57. The zero-order chi connectivity index (χ0) is 17.4. The smallest absolute Gasteiger partial charge is 0.306 e. The highest BCUT2D eigenvalue weighted by molar-refractivity contribution is 5.70. The number of aliphatic carboxylic acids is 1. The van der Waals surface area contributed by atoms with Crippen LogP contribution in [0.5, 0.6) is 5.75 Å². The van der Waals surface area contributed by atoms with E-state index < -0.39 is 5.97 Å². The number of unbranched alkanes of at least 4 members (excludes halogenated alkanes) is 2. The van der Waals surface area contributed by atoms with E-state index in [1.165, 1.54) is 24.0 Å². The molecule has 0 bridgehead atoms. The molecule has 2 N–H and O–H groups in total. The molecule has 24 heavy (non-hydrogen) atoms. The summed E-state index contributed by atoms with van der Waals surface area (Å²) in [7, 11) is 0. The van der Waals surface area contributed by atoms with Crippen molar-refractivity contribution in [2.45, 2.75) is 71.4 Å². The summed E-state index contributed by atoms with van der Waals surface area (Å²) >= 11 is 0. The molecule has 1 aliphatic rings. The van der Waals surface area contributed by atoms with Crippen LogP contribution in [0.3, 0.4) is 0 Å². The van der Waals surface area contributed by atoms with Gasteiger partial charge in [-0.05, 0) is 50.7 Å². The molecule has 0 saturated heterocycles. The van der Waals surface area contributed by atoms with Crippen molar-refractivity contribution >= 4 is 5.97 Å². The van der Waals surface area contributed by atoms with Crippen molar-refractivity contribution in [2.75, 3.05) is 6.61 Å². The van der Waals surface area contributed by atoms with E-state index in [-0.39, 0.29) is 5.92 Å². The Morgan fingerprint density at radius 1 is 1.25 bits per heavy atom. The number of benzene rings is 1. The van der Waals surface area contributed by atoms with Crippen LogP contribution in [0, 0.1) is 12.8 Å². The summed E-state index contributed by atoms with van der Waals surface area (Å²) in [6.07, 6.45) is 6.93. The highest BCUT2D eigenvalue weighted by atomic mass is 16.5. The largest absolute Gasteiger partial charge is 0.493 e. The lowest BCUT2D eigenvalue weighted by Gasteiger charge is -2.27. The number of carboxylic acids is 1. The molecule has 134 valence electrons. The van der Waals surface area contributed by atoms with E-state index in [2.05, 4.69) is 37.4 Å². The molecule has 4 nitrogen and oxygen atoms in total. The van der Waals surface area contributed by atoms with E-state index in [1.54, 1.807) is 0 Å². The average Bonchev–Trinajstić information content (AvgIpc) is 2.58. The van der Waals surface area contributed by atoms with Crippen molar-refractivity contribution < 1.29 is 14.6 Å². The number of hydrogen-bond acceptors (Lipinski definition) is 3. The third-order valence-corrected chi connectivity index (χ3v) is 4.89. The van der Waals surface area contributed by atoms with Crippen molar-refractivity contribution in [2.24, 2.45) is 5.92 Å². The Morgan fingerprint density at radius 3 is 2.67 bits per heavy atom. The molecule has 1 aromatic rings. The standard InChI is InChI=1S/C20H31NO3/c1-3-4-5-12-24-19-13-15(2)6-7-17(19)14-21-18-10-8-16(9-11-18)20(22)23/h6-7,13,16,18,21H,3-5,8-12,14H2,1-2H3,(H,22,23). The van der Waals surface area contributed by atoms with Gasteiger partial charge in [0, 0.05) is 18.2 Å². The molecule has 1 fully saturated rings. The maximum Gasteiger partial charge on any atom is 0.306 e. The molecule has 0 amide bonds. The summed E-state index contributed by atoms with van der Waals surface area (Å²) in [5.74, 6) is 0.187. The number of ether oxygens (including phenoxy) is 1. The summed E-state index contributed by atoms with van der Waals surface area (Å²) in [5, 5.41) is 12.7. The molecule has 2 rings (SSSR count). The molecule has 0 spiro atoms. The van der Waals surface area contributed by atoms with Crippen molar-refractivity contribution in [3.63, 3.8) is 0 Å². The molecule has 1 aromatic carbocycles. The second-order valence-corrected chi connectivity index (χ2v) is 6.93. The lowest BCUT2D eigenvalue weighted by molar-refractivity contribution is -0.142. The Bertz CT molecular complexity index is 522. The Morgan fingerprint density at radius 2 is 2.00 bits per heavy atom. The number of rotatable bonds is 9. The maximum atomic E-state index is 11.0. The van der Waals surface area contributed by atoms with Crippen molar-refractivity contribution in [3.8, 4) is 5.75 Å². The van der Waals surface area contributed by atoms with Crippen LogP contribution in [-0.2, 0) is 11.3 Å². The van der Waals surface area contributed by atoms with Crippen molar-refractivity contribution in [1.29, 1.82) is 0 Å². The molecular weight excluding hydrogens is 302 g/mol. The Balaban J connectivity index is 1.84. The summed E-state index contributed by atoms with van der Waals surface area (Å²) in [4.78, 5) is 11.0. The van der Waals surface area contributed by atoms with E-state index in [9.17, 15) is 4.79 Å². The van der Waals surface area contributed by atoms with Gasteiger partial charge >= 0.3 is 5.97 Å². The molecule has 4 heteroatoms. The minimum atomic E-state index is -0.644. The van der Waals surface area contributed by atoms with E-state index in [0.717, 1.165) is 51.0 Å². The minimum Gasteiger partial charge on any atom is -0.493 e. The average molecular weight is 333 g/mol. The van der Waals surface area contributed by atoms with Gasteiger partial charge in [-0.25, -0.2) is 0 Å². The second-order valence-electron chi connectivity index (χ2n) is 6.93. The van der Waals surface area contributed by atoms with Crippen LogP contribution in [0.1, 0.15) is 63.0 Å². The summed E-state index contributed by atoms with van der Waals surface area (Å²) in [5.41, 5.74) is 2.41. The molecule has 0 unspecified atom stereocenters. The summed E-state index contributed by atoms with van der Waals surface area (Å²) in [6, 6.07) is 6.79. The van der Waals surface area contributed by atoms with Crippen molar-refractivity contribution in [1.82, 2.24) is 5.32 Å². The quantitative estimate of drug-likeness (QED) is 0.662. The van der Waals surface area contributed by atoms with Crippen LogP contribution in [0.4, 0.5) is 0 Å². The first-order valence-electron chi connectivity index (χ1n) is 9.28. The normalized spacial score (nSPS) is 20.8. The minimum absolute atomic E-state index is 0.153. The summed E-state index contributed by atoms with van der Waals surface area (Å²) < 4.78 is 5.99. The van der Waals surface area contributed by atoms with Gasteiger partial charge in [-0.15, -0.1) is 0 Å². The molecule has 0 radical (unpaired) electrons. The molecule has 0 aromatic heterocycles. The monoisotopic (exact) mass is 333 g/mol. The van der Waals surface area contributed by atoms with Gasteiger partial charge in [-0.1, -0.05) is 31.9 Å². The summed E-state index contributed by atoms with van der Waals surface area (Å²) in [6.45, 7) is 5.84. The van der Waals surface area contributed by atoms with Crippen LogP contribution >= 0.6 is 0 Å². The van der Waals surface area contributed by atoms with E-state index in [4.69, 9.17) is 9.84 Å². The fourth-order valence-electron chi connectivity index (χ4n) is 3.28. The highest BCUT2D eigenvalue weighted by Crippen LogP contribution is 2.26. The van der Waals surface area contributed by atoms with E-state index >= 15 is 0 Å². The number of hydrogen-bond donors (Lipinski definition) is 2. The van der Waals surface area contributed by atoms with Crippen LogP contribution in [0.25, 0.3) is 0 Å².